The average Bonchev–Trinajstić information content (AvgIpc) is 2.94. The summed E-state index contributed by atoms with van der Waals surface area (Å²) in [4.78, 5) is 6.99. The van der Waals surface area contributed by atoms with Crippen molar-refractivity contribution in [2.75, 3.05) is 18.5 Å². The van der Waals surface area contributed by atoms with Gasteiger partial charge in [-0.15, -0.1) is 0 Å². The third kappa shape index (κ3) is 2.29. The van der Waals surface area contributed by atoms with Crippen LogP contribution in [0.1, 0.15) is 31.4 Å². The van der Waals surface area contributed by atoms with Gasteiger partial charge in [0.15, 0.2) is 0 Å². The molecule has 0 spiro atoms. The quantitative estimate of drug-likeness (QED) is 0.838. The molecule has 3 rings (SSSR count). The fraction of sp³-hybridized carbons (Fsp3) is 0.667. The van der Waals surface area contributed by atoms with Crippen LogP contribution in [0.2, 0.25) is 0 Å². The lowest BCUT2D eigenvalue weighted by molar-refractivity contribution is 0.337. The third-order valence-corrected chi connectivity index (χ3v) is 5.63. The number of rotatable bonds is 3. The predicted molar refractivity (Wildman–Crippen MR) is 78.9 cm³/mol. The van der Waals surface area contributed by atoms with Crippen molar-refractivity contribution in [3.8, 4) is 0 Å². The standard InChI is InChI=1S/C15H21BrN2/c1-10-14(16)5-6-15(17-10)18(2)9-13-8-11-3-4-12(13)7-11/h5-6,11-13H,3-4,7-9H2,1-2H3. The minimum atomic E-state index is 0.902. The van der Waals surface area contributed by atoms with Crippen molar-refractivity contribution in [2.45, 2.75) is 32.6 Å². The van der Waals surface area contributed by atoms with E-state index in [-0.39, 0.29) is 0 Å². The summed E-state index contributed by atoms with van der Waals surface area (Å²) in [5, 5.41) is 0. The molecule has 3 atom stereocenters. The van der Waals surface area contributed by atoms with Crippen LogP contribution < -0.4 is 4.90 Å². The summed E-state index contributed by atoms with van der Waals surface area (Å²) >= 11 is 3.51. The highest BCUT2D eigenvalue weighted by Gasteiger charge is 2.39. The molecule has 0 aliphatic heterocycles. The fourth-order valence-corrected chi connectivity index (χ4v) is 4.01. The smallest absolute Gasteiger partial charge is 0.128 e. The Kier molecular flexibility index (Phi) is 3.35. The average molecular weight is 309 g/mol. The molecule has 1 aromatic rings. The second-order valence-corrected chi connectivity index (χ2v) is 6.91. The van der Waals surface area contributed by atoms with Crippen LogP contribution >= 0.6 is 15.9 Å². The van der Waals surface area contributed by atoms with Crippen LogP contribution in [-0.4, -0.2) is 18.6 Å². The van der Waals surface area contributed by atoms with Crippen molar-refractivity contribution in [1.82, 2.24) is 4.98 Å². The number of hydrogen-bond donors (Lipinski definition) is 0. The van der Waals surface area contributed by atoms with Gasteiger partial charge in [-0.05, 0) is 72.0 Å². The second kappa shape index (κ2) is 4.84. The molecule has 0 saturated heterocycles. The van der Waals surface area contributed by atoms with E-state index in [1.54, 1.807) is 0 Å². The Morgan fingerprint density at radius 2 is 2.17 bits per heavy atom. The Bertz CT molecular complexity index is 446. The largest absolute Gasteiger partial charge is 0.359 e. The first kappa shape index (κ1) is 12.5. The summed E-state index contributed by atoms with van der Waals surface area (Å²) < 4.78 is 1.10. The first-order valence-electron chi connectivity index (χ1n) is 6.97. The number of pyridine rings is 1. The van der Waals surface area contributed by atoms with Gasteiger partial charge in [0.25, 0.3) is 0 Å². The van der Waals surface area contributed by atoms with Gasteiger partial charge >= 0.3 is 0 Å². The number of aryl methyl sites for hydroxylation is 1. The lowest BCUT2D eigenvalue weighted by Crippen LogP contribution is -2.29. The van der Waals surface area contributed by atoms with Gasteiger partial charge in [0.2, 0.25) is 0 Å². The van der Waals surface area contributed by atoms with Gasteiger partial charge in [-0.1, -0.05) is 6.42 Å². The summed E-state index contributed by atoms with van der Waals surface area (Å²) in [5.41, 5.74) is 1.08. The number of halogens is 1. The number of anilines is 1. The SMILES string of the molecule is Cc1nc(N(C)CC2CC3CCC2C3)ccc1Br. The van der Waals surface area contributed by atoms with Crippen molar-refractivity contribution < 1.29 is 0 Å². The molecule has 98 valence electrons. The Labute approximate surface area is 118 Å². The van der Waals surface area contributed by atoms with Gasteiger partial charge in [-0.3, -0.25) is 0 Å². The zero-order valence-corrected chi connectivity index (χ0v) is 12.8. The Hall–Kier alpha value is -0.570. The minimum absolute atomic E-state index is 0.902. The van der Waals surface area contributed by atoms with Crippen LogP contribution in [0, 0.1) is 24.7 Å². The maximum absolute atomic E-state index is 4.66. The molecule has 2 bridgehead atoms. The molecule has 18 heavy (non-hydrogen) atoms. The highest BCUT2D eigenvalue weighted by Crippen LogP contribution is 2.48. The van der Waals surface area contributed by atoms with Crippen LogP contribution in [0.5, 0.6) is 0 Å². The van der Waals surface area contributed by atoms with Crippen LogP contribution in [0.3, 0.4) is 0 Å². The van der Waals surface area contributed by atoms with E-state index in [2.05, 4.69) is 51.9 Å². The molecule has 2 saturated carbocycles. The Morgan fingerprint density at radius 1 is 1.33 bits per heavy atom. The molecule has 3 unspecified atom stereocenters. The van der Waals surface area contributed by atoms with Crippen molar-refractivity contribution in [3.05, 3.63) is 22.3 Å². The second-order valence-electron chi connectivity index (χ2n) is 6.05. The predicted octanol–water partition coefficient (Wildman–Crippen LogP) is 4.02. The van der Waals surface area contributed by atoms with Crippen molar-refractivity contribution >= 4 is 21.7 Å². The zero-order valence-electron chi connectivity index (χ0n) is 11.2. The number of fused-ring (bicyclic) bond motifs is 2. The summed E-state index contributed by atoms with van der Waals surface area (Å²) in [5.74, 6) is 4.04. The van der Waals surface area contributed by atoms with Crippen LogP contribution in [-0.2, 0) is 0 Å². The van der Waals surface area contributed by atoms with Gasteiger partial charge in [0, 0.05) is 18.1 Å². The normalized spacial score (nSPS) is 29.8. The zero-order chi connectivity index (χ0) is 12.7. The molecule has 0 radical (unpaired) electrons. The molecule has 2 aliphatic carbocycles. The van der Waals surface area contributed by atoms with Gasteiger partial charge in [-0.25, -0.2) is 4.98 Å². The van der Waals surface area contributed by atoms with E-state index in [0.717, 1.165) is 33.7 Å². The van der Waals surface area contributed by atoms with Crippen molar-refractivity contribution in [3.63, 3.8) is 0 Å². The first-order valence-corrected chi connectivity index (χ1v) is 7.77. The summed E-state index contributed by atoms with van der Waals surface area (Å²) in [6, 6.07) is 4.22. The number of aromatic nitrogens is 1. The van der Waals surface area contributed by atoms with Crippen LogP contribution in [0.15, 0.2) is 16.6 Å². The maximum atomic E-state index is 4.66. The molecular formula is C15H21BrN2. The minimum Gasteiger partial charge on any atom is -0.359 e. The van der Waals surface area contributed by atoms with E-state index < -0.39 is 0 Å². The van der Waals surface area contributed by atoms with Gasteiger partial charge in [0.05, 0.1) is 5.69 Å². The highest BCUT2D eigenvalue weighted by molar-refractivity contribution is 9.10. The maximum Gasteiger partial charge on any atom is 0.128 e. The molecule has 1 heterocycles. The topological polar surface area (TPSA) is 16.1 Å². The molecule has 0 N–H and O–H groups in total. The molecule has 2 aliphatic rings. The molecule has 1 aromatic heterocycles. The molecule has 2 fully saturated rings. The molecule has 3 heteroatoms. The lowest BCUT2D eigenvalue weighted by atomic mass is 9.88. The van der Waals surface area contributed by atoms with Crippen LogP contribution in [0.4, 0.5) is 5.82 Å². The van der Waals surface area contributed by atoms with E-state index >= 15 is 0 Å². The molecule has 0 aromatic carbocycles. The van der Waals surface area contributed by atoms with E-state index in [0.29, 0.717) is 0 Å². The molecule has 2 nitrogen and oxygen atoms in total. The summed E-state index contributed by atoms with van der Waals surface area (Å²) in [6.45, 7) is 3.23. The number of nitrogens with zero attached hydrogens (tertiary/aromatic N) is 2. The van der Waals surface area contributed by atoms with E-state index in [4.69, 9.17) is 0 Å². The Morgan fingerprint density at radius 3 is 2.78 bits per heavy atom. The van der Waals surface area contributed by atoms with Gasteiger partial charge < -0.3 is 4.90 Å². The summed E-state index contributed by atoms with van der Waals surface area (Å²) in [6.07, 6.45) is 5.90. The third-order valence-electron chi connectivity index (χ3n) is 4.79. The van der Waals surface area contributed by atoms with Crippen LogP contribution in [0.25, 0.3) is 0 Å². The first-order chi connectivity index (χ1) is 8.63. The van der Waals surface area contributed by atoms with E-state index in [1.807, 2.05) is 0 Å². The van der Waals surface area contributed by atoms with Gasteiger partial charge in [-0.2, -0.15) is 0 Å². The van der Waals surface area contributed by atoms with Crippen molar-refractivity contribution in [1.29, 1.82) is 0 Å². The number of hydrogen-bond acceptors (Lipinski definition) is 2. The fourth-order valence-electron chi connectivity index (χ4n) is 3.79. The van der Waals surface area contributed by atoms with E-state index in [9.17, 15) is 0 Å². The monoisotopic (exact) mass is 308 g/mol. The van der Waals surface area contributed by atoms with Crippen molar-refractivity contribution in [2.24, 2.45) is 17.8 Å². The lowest BCUT2D eigenvalue weighted by Gasteiger charge is -2.28. The van der Waals surface area contributed by atoms with E-state index in [1.165, 1.54) is 32.2 Å². The summed E-state index contributed by atoms with van der Waals surface area (Å²) in [7, 11) is 2.18. The Balaban J connectivity index is 1.67. The molecule has 0 amide bonds. The highest BCUT2D eigenvalue weighted by atomic mass is 79.9. The molecular weight excluding hydrogens is 288 g/mol. The van der Waals surface area contributed by atoms with Gasteiger partial charge in [0.1, 0.15) is 5.82 Å².